The van der Waals surface area contributed by atoms with Gasteiger partial charge in [-0.3, -0.25) is 4.79 Å². The number of hydrogen-bond acceptors (Lipinski definition) is 4. The minimum atomic E-state index is -1.13. The van der Waals surface area contributed by atoms with Crippen LogP contribution in [0.2, 0.25) is 0 Å². The van der Waals surface area contributed by atoms with E-state index in [1.54, 1.807) is 24.3 Å². The number of hydrogen-bond donors (Lipinski definition) is 1. The van der Waals surface area contributed by atoms with Crippen LogP contribution in [0.5, 0.6) is 5.75 Å². The second-order valence-corrected chi connectivity index (χ2v) is 4.60. The van der Waals surface area contributed by atoms with Crippen molar-refractivity contribution in [1.29, 1.82) is 0 Å². The van der Waals surface area contributed by atoms with Gasteiger partial charge in [-0.05, 0) is 31.0 Å². The maximum atomic E-state index is 14.0. The molecular weight excluding hydrogens is 275 g/mol. The fourth-order valence-corrected chi connectivity index (χ4v) is 2.06. The molecule has 1 aromatic heterocycles. The summed E-state index contributed by atoms with van der Waals surface area (Å²) in [6, 6.07) is 7.01. The molecule has 0 spiro atoms. The van der Waals surface area contributed by atoms with E-state index in [1.165, 1.54) is 20.4 Å². The van der Waals surface area contributed by atoms with Crippen molar-refractivity contribution in [2.45, 2.75) is 19.3 Å². The zero-order valence-corrected chi connectivity index (χ0v) is 11.7. The van der Waals surface area contributed by atoms with Crippen molar-refractivity contribution in [1.82, 2.24) is 9.97 Å². The van der Waals surface area contributed by atoms with Gasteiger partial charge >= 0.3 is 5.97 Å². The second-order valence-electron chi connectivity index (χ2n) is 4.60. The third-order valence-corrected chi connectivity index (χ3v) is 3.19. The Morgan fingerprint density at radius 1 is 1.43 bits per heavy atom. The number of methoxy groups -OCH3 is 1. The second kappa shape index (κ2) is 6.30. The van der Waals surface area contributed by atoms with Gasteiger partial charge in [0.2, 0.25) is 0 Å². The Bertz CT molecular complexity index is 661. The van der Waals surface area contributed by atoms with E-state index in [4.69, 9.17) is 4.74 Å². The van der Waals surface area contributed by atoms with Gasteiger partial charge in [-0.1, -0.05) is 12.1 Å². The van der Waals surface area contributed by atoms with Crippen molar-refractivity contribution in [2.24, 2.45) is 0 Å². The molecule has 0 aliphatic carbocycles. The van der Waals surface area contributed by atoms with Crippen LogP contribution in [0.15, 0.2) is 30.6 Å². The first-order chi connectivity index (χ1) is 10.0. The number of aromatic nitrogens is 2. The van der Waals surface area contributed by atoms with E-state index in [1.807, 2.05) is 0 Å². The lowest BCUT2D eigenvalue weighted by Gasteiger charge is -2.14. The largest absolute Gasteiger partial charge is 0.497 e. The summed E-state index contributed by atoms with van der Waals surface area (Å²) in [5.74, 6) is -2.25. The SMILES string of the molecule is COc1cccc(CC(C(=O)O)c2ncnc(C)c2F)c1. The molecule has 21 heavy (non-hydrogen) atoms. The third kappa shape index (κ3) is 3.34. The van der Waals surface area contributed by atoms with Gasteiger partial charge in [0.25, 0.3) is 0 Å². The van der Waals surface area contributed by atoms with Crippen LogP contribution in [-0.4, -0.2) is 28.2 Å². The van der Waals surface area contributed by atoms with Crippen LogP contribution in [0.3, 0.4) is 0 Å². The molecule has 0 radical (unpaired) electrons. The average molecular weight is 290 g/mol. The smallest absolute Gasteiger partial charge is 0.313 e. The van der Waals surface area contributed by atoms with Crippen molar-refractivity contribution in [3.8, 4) is 5.75 Å². The molecule has 0 aliphatic rings. The fraction of sp³-hybridized carbons (Fsp3) is 0.267. The van der Waals surface area contributed by atoms with E-state index in [-0.39, 0.29) is 17.8 Å². The molecule has 1 N–H and O–H groups in total. The number of carboxylic acid groups (broad SMARTS) is 1. The number of carbonyl (C=O) groups is 1. The van der Waals surface area contributed by atoms with Crippen LogP contribution in [-0.2, 0) is 11.2 Å². The van der Waals surface area contributed by atoms with Gasteiger partial charge in [0.15, 0.2) is 5.82 Å². The fourth-order valence-electron chi connectivity index (χ4n) is 2.06. The quantitative estimate of drug-likeness (QED) is 0.915. The van der Waals surface area contributed by atoms with E-state index < -0.39 is 17.7 Å². The number of halogens is 1. The minimum Gasteiger partial charge on any atom is -0.497 e. The molecule has 0 amide bonds. The molecule has 1 heterocycles. The molecule has 0 aliphatic heterocycles. The number of ether oxygens (including phenoxy) is 1. The summed E-state index contributed by atoms with van der Waals surface area (Å²) in [6.45, 7) is 1.48. The Balaban J connectivity index is 2.35. The Morgan fingerprint density at radius 3 is 2.86 bits per heavy atom. The van der Waals surface area contributed by atoms with E-state index in [0.717, 1.165) is 5.56 Å². The van der Waals surface area contributed by atoms with Gasteiger partial charge in [0, 0.05) is 0 Å². The zero-order chi connectivity index (χ0) is 15.4. The van der Waals surface area contributed by atoms with Crippen LogP contribution in [0.1, 0.15) is 22.9 Å². The highest BCUT2D eigenvalue weighted by Gasteiger charge is 2.26. The first-order valence-electron chi connectivity index (χ1n) is 6.35. The molecule has 0 saturated heterocycles. The Kier molecular flexibility index (Phi) is 4.47. The number of carboxylic acids is 1. The summed E-state index contributed by atoms with van der Waals surface area (Å²) < 4.78 is 19.1. The summed E-state index contributed by atoms with van der Waals surface area (Å²) in [5, 5.41) is 9.37. The number of aliphatic carboxylic acids is 1. The molecule has 0 bridgehead atoms. The molecular formula is C15H15FN2O3. The van der Waals surface area contributed by atoms with E-state index in [2.05, 4.69) is 9.97 Å². The molecule has 1 unspecified atom stereocenters. The van der Waals surface area contributed by atoms with Gasteiger partial charge < -0.3 is 9.84 Å². The van der Waals surface area contributed by atoms with E-state index >= 15 is 0 Å². The summed E-state index contributed by atoms with van der Waals surface area (Å²) in [6.07, 6.45) is 1.30. The molecule has 6 heteroatoms. The standard InChI is InChI=1S/C15H15FN2O3/c1-9-13(16)14(18-8-17-9)12(15(19)20)7-10-4-3-5-11(6-10)21-2/h3-6,8,12H,7H2,1-2H3,(H,19,20). The lowest BCUT2D eigenvalue weighted by molar-refractivity contribution is -0.138. The predicted octanol–water partition coefficient (Wildman–Crippen LogP) is 2.34. The number of aryl methyl sites for hydroxylation is 1. The van der Waals surface area contributed by atoms with Crippen LogP contribution >= 0.6 is 0 Å². The van der Waals surface area contributed by atoms with Crippen LogP contribution in [0.25, 0.3) is 0 Å². The molecule has 2 aromatic rings. The summed E-state index contributed by atoms with van der Waals surface area (Å²) in [4.78, 5) is 19.0. The third-order valence-electron chi connectivity index (χ3n) is 3.19. The number of nitrogens with zero attached hydrogens (tertiary/aromatic N) is 2. The average Bonchev–Trinajstić information content (AvgIpc) is 2.48. The molecule has 1 atom stereocenters. The highest BCUT2D eigenvalue weighted by Crippen LogP contribution is 2.24. The highest BCUT2D eigenvalue weighted by molar-refractivity contribution is 5.76. The summed E-state index contributed by atoms with van der Waals surface area (Å²) >= 11 is 0. The van der Waals surface area contributed by atoms with Gasteiger partial charge in [-0.2, -0.15) is 0 Å². The topological polar surface area (TPSA) is 72.3 Å². The monoisotopic (exact) mass is 290 g/mol. The minimum absolute atomic E-state index is 0.0992. The van der Waals surface area contributed by atoms with Crippen LogP contribution in [0.4, 0.5) is 4.39 Å². The van der Waals surface area contributed by atoms with Crippen LogP contribution in [0, 0.1) is 12.7 Å². The zero-order valence-electron chi connectivity index (χ0n) is 11.7. The van der Waals surface area contributed by atoms with Crippen molar-refractivity contribution < 1.29 is 19.0 Å². The van der Waals surface area contributed by atoms with Crippen molar-refractivity contribution in [3.63, 3.8) is 0 Å². The Labute approximate surface area is 121 Å². The van der Waals surface area contributed by atoms with Gasteiger partial charge in [0.1, 0.15) is 18.0 Å². The lowest BCUT2D eigenvalue weighted by atomic mass is 9.95. The predicted molar refractivity (Wildman–Crippen MR) is 73.8 cm³/mol. The number of benzene rings is 1. The number of rotatable bonds is 5. The molecule has 2 rings (SSSR count). The van der Waals surface area contributed by atoms with Gasteiger partial charge in [-0.15, -0.1) is 0 Å². The first kappa shape index (κ1) is 14.9. The van der Waals surface area contributed by atoms with E-state index in [9.17, 15) is 14.3 Å². The lowest BCUT2D eigenvalue weighted by Crippen LogP contribution is -2.18. The van der Waals surface area contributed by atoms with Gasteiger partial charge in [-0.25, -0.2) is 14.4 Å². The van der Waals surface area contributed by atoms with Crippen LogP contribution < -0.4 is 4.74 Å². The maximum absolute atomic E-state index is 14.0. The molecule has 1 aromatic carbocycles. The molecule has 110 valence electrons. The normalized spacial score (nSPS) is 12.0. The highest BCUT2D eigenvalue weighted by atomic mass is 19.1. The summed E-state index contributed by atoms with van der Waals surface area (Å²) in [7, 11) is 1.53. The molecule has 0 fully saturated rings. The van der Waals surface area contributed by atoms with Crippen molar-refractivity contribution in [3.05, 3.63) is 53.4 Å². The van der Waals surface area contributed by atoms with Crippen molar-refractivity contribution >= 4 is 5.97 Å². The van der Waals surface area contributed by atoms with Crippen molar-refractivity contribution in [2.75, 3.05) is 7.11 Å². The Hall–Kier alpha value is -2.50. The summed E-state index contributed by atoms with van der Waals surface area (Å²) in [5.41, 5.74) is 0.770. The maximum Gasteiger partial charge on any atom is 0.313 e. The first-order valence-corrected chi connectivity index (χ1v) is 6.35. The molecule has 5 nitrogen and oxygen atoms in total. The molecule has 0 saturated carbocycles. The Morgan fingerprint density at radius 2 is 2.19 bits per heavy atom. The van der Waals surface area contributed by atoms with E-state index in [0.29, 0.717) is 5.75 Å². The van der Waals surface area contributed by atoms with Gasteiger partial charge in [0.05, 0.1) is 18.5 Å².